The minimum Gasteiger partial charge on any atom is -0.455 e. The van der Waals surface area contributed by atoms with Crippen molar-refractivity contribution in [1.82, 2.24) is 5.43 Å². The number of nitrogens with zero attached hydrogens (tertiary/aromatic N) is 2. The van der Waals surface area contributed by atoms with Crippen molar-refractivity contribution in [2.24, 2.45) is 10.8 Å². The topological polar surface area (TPSA) is 107 Å². The number of hydrogen-bond donors (Lipinski definition) is 2. The lowest BCUT2D eigenvalue weighted by molar-refractivity contribution is -0.385. The van der Waals surface area contributed by atoms with E-state index in [0.717, 1.165) is 11.1 Å². The number of rotatable bonds is 4. The van der Waals surface area contributed by atoms with Crippen LogP contribution < -0.4 is 11.2 Å². The summed E-state index contributed by atoms with van der Waals surface area (Å²) >= 11 is 4.62. The highest BCUT2D eigenvalue weighted by Crippen LogP contribution is 2.31. The second-order valence-corrected chi connectivity index (χ2v) is 5.02. The molecular weight excluding hydrogens is 304 g/mol. The zero-order chi connectivity index (χ0) is 16.3. The van der Waals surface area contributed by atoms with Gasteiger partial charge in [0.2, 0.25) is 0 Å². The summed E-state index contributed by atoms with van der Waals surface area (Å²) in [5, 5.41) is 14.8. The molecule has 0 radical (unpaired) electrons. The molecule has 1 aromatic heterocycles. The minimum atomic E-state index is -0.395. The van der Waals surface area contributed by atoms with Crippen molar-refractivity contribution in [3.63, 3.8) is 0 Å². The van der Waals surface area contributed by atoms with E-state index >= 15 is 0 Å². The smallest absolute Gasteiger partial charge is 0.272 e. The molecule has 0 aliphatic heterocycles. The summed E-state index contributed by atoms with van der Waals surface area (Å²) in [7, 11) is 0. The number of hydrazone groups is 1. The van der Waals surface area contributed by atoms with Crippen molar-refractivity contribution >= 4 is 29.2 Å². The van der Waals surface area contributed by atoms with Gasteiger partial charge in [0, 0.05) is 17.2 Å². The summed E-state index contributed by atoms with van der Waals surface area (Å²) in [6, 6.07) is 6.65. The van der Waals surface area contributed by atoms with Crippen molar-refractivity contribution in [1.29, 1.82) is 0 Å². The Morgan fingerprint density at radius 3 is 2.73 bits per heavy atom. The van der Waals surface area contributed by atoms with Gasteiger partial charge < -0.3 is 10.2 Å². The first kappa shape index (κ1) is 15.6. The van der Waals surface area contributed by atoms with Crippen LogP contribution in [0.25, 0.3) is 11.3 Å². The van der Waals surface area contributed by atoms with Crippen LogP contribution in [-0.4, -0.2) is 16.3 Å². The minimum absolute atomic E-state index is 0.0601. The molecule has 2 aromatic rings. The van der Waals surface area contributed by atoms with Gasteiger partial charge in [-0.2, -0.15) is 5.10 Å². The quantitative estimate of drug-likeness (QED) is 0.388. The monoisotopic (exact) mass is 318 g/mol. The zero-order valence-corrected chi connectivity index (χ0v) is 12.8. The highest BCUT2D eigenvalue weighted by Gasteiger charge is 2.16. The molecule has 8 heteroatoms. The molecule has 0 aliphatic carbocycles. The van der Waals surface area contributed by atoms with Gasteiger partial charge in [0.25, 0.3) is 5.69 Å². The lowest BCUT2D eigenvalue weighted by Crippen LogP contribution is -2.23. The molecule has 0 bridgehead atoms. The Labute approximate surface area is 132 Å². The number of furan rings is 1. The first-order valence-electron chi connectivity index (χ1n) is 6.33. The van der Waals surface area contributed by atoms with Crippen LogP contribution in [0.4, 0.5) is 5.69 Å². The van der Waals surface area contributed by atoms with Gasteiger partial charge in [-0.05, 0) is 49.8 Å². The second-order valence-electron chi connectivity index (χ2n) is 4.58. The van der Waals surface area contributed by atoms with E-state index in [-0.39, 0.29) is 10.8 Å². The molecular formula is C14H14N4O3S. The van der Waals surface area contributed by atoms with Gasteiger partial charge in [0.1, 0.15) is 11.5 Å². The van der Waals surface area contributed by atoms with Crippen molar-refractivity contribution in [2.45, 2.75) is 13.8 Å². The van der Waals surface area contributed by atoms with E-state index in [2.05, 4.69) is 22.7 Å². The Kier molecular flexibility index (Phi) is 4.52. The van der Waals surface area contributed by atoms with E-state index in [1.807, 2.05) is 6.92 Å². The maximum absolute atomic E-state index is 10.9. The number of benzene rings is 1. The Hall–Kier alpha value is -2.74. The summed E-state index contributed by atoms with van der Waals surface area (Å²) in [6.07, 6.45) is 1.44. The summed E-state index contributed by atoms with van der Waals surface area (Å²) < 4.78 is 5.64. The SMILES string of the molecule is Cc1c(-c2ccc(/C=N/NC(N)=S)o2)ccc([N+](=O)[O-])c1C. The molecule has 0 aliphatic rings. The summed E-state index contributed by atoms with van der Waals surface area (Å²) in [6.45, 7) is 3.54. The summed E-state index contributed by atoms with van der Waals surface area (Å²) in [5.41, 5.74) is 9.98. The van der Waals surface area contributed by atoms with Gasteiger partial charge in [-0.3, -0.25) is 15.5 Å². The van der Waals surface area contributed by atoms with Gasteiger partial charge in [0.15, 0.2) is 5.11 Å². The fraction of sp³-hybridized carbons (Fsp3) is 0.143. The Balaban J connectivity index is 2.32. The predicted molar refractivity (Wildman–Crippen MR) is 87.8 cm³/mol. The van der Waals surface area contributed by atoms with Crippen LogP contribution in [0.5, 0.6) is 0 Å². The standard InChI is InChI=1S/C14H14N4O3S/c1-8-9(2)12(18(19)20)5-4-11(8)13-6-3-10(21-13)7-16-17-14(15)22/h3-7H,1-2H3,(H3,15,17,22)/b16-7+. The number of nitro groups is 1. The highest BCUT2D eigenvalue weighted by molar-refractivity contribution is 7.80. The molecule has 0 fully saturated rings. The van der Waals surface area contributed by atoms with E-state index in [9.17, 15) is 10.1 Å². The molecule has 7 nitrogen and oxygen atoms in total. The van der Waals surface area contributed by atoms with Crippen LogP contribution in [0.15, 0.2) is 33.8 Å². The molecule has 0 saturated heterocycles. The van der Waals surface area contributed by atoms with Crippen LogP contribution in [0.3, 0.4) is 0 Å². The summed E-state index contributed by atoms with van der Waals surface area (Å²) in [5.74, 6) is 1.11. The maximum atomic E-state index is 10.9. The lowest BCUT2D eigenvalue weighted by atomic mass is 10.00. The number of nitrogens with two attached hydrogens (primary N) is 1. The molecule has 22 heavy (non-hydrogen) atoms. The number of thiocarbonyl (C=S) groups is 1. The fourth-order valence-corrected chi connectivity index (χ4v) is 2.05. The first-order chi connectivity index (χ1) is 10.4. The highest BCUT2D eigenvalue weighted by atomic mass is 32.1. The molecule has 0 spiro atoms. The third kappa shape index (κ3) is 3.29. The molecule has 2 rings (SSSR count). The van der Waals surface area contributed by atoms with Crippen LogP contribution in [0.2, 0.25) is 0 Å². The van der Waals surface area contributed by atoms with Gasteiger partial charge in [-0.25, -0.2) is 0 Å². The number of nitrogens with one attached hydrogen (secondary N) is 1. The summed E-state index contributed by atoms with van der Waals surface area (Å²) in [4.78, 5) is 10.5. The predicted octanol–water partition coefficient (Wildman–Crippen LogP) is 2.64. The average Bonchev–Trinajstić information content (AvgIpc) is 2.89. The van der Waals surface area contributed by atoms with Crippen LogP contribution in [0.1, 0.15) is 16.9 Å². The fourth-order valence-electron chi connectivity index (χ4n) is 2.00. The maximum Gasteiger partial charge on any atom is 0.272 e. The normalized spacial score (nSPS) is 10.8. The zero-order valence-electron chi connectivity index (χ0n) is 12.0. The molecule has 0 unspecified atom stereocenters. The van der Waals surface area contributed by atoms with Crippen molar-refractivity contribution in [3.8, 4) is 11.3 Å². The van der Waals surface area contributed by atoms with E-state index < -0.39 is 4.92 Å². The second kappa shape index (κ2) is 6.35. The van der Waals surface area contributed by atoms with E-state index in [1.54, 1.807) is 25.1 Å². The van der Waals surface area contributed by atoms with Crippen molar-refractivity contribution in [2.75, 3.05) is 0 Å². The molecule has 3 N–H and O–H groups in total. The Bertz CT molecular complexity index is 767. The van der Waals surface area contributed by atoms with Crippen LogP contribution >= 0.6 is 12.2 Å². The largest absolute Gasteiger partial charge is 0.455 e. The van der Waals surface area contributed by atoms with E-state index in [0.29, 0.717) is 17.1 Å². The van der Waals surface area contributed by atoms with Gasteiger partial charge >= 0.3 is 0 Å². The Morgan fingerprint density at radius 2 is 2.09 bits per heavy atom. The molecule has 0 atom stereocenters. The molecule has 0 amide bonds. The number of nitro benzene ring substituents is 1. The molecule has 1 heterocycles. The van der Waals surface area contributed by atoms with E-state index in [1.165, 1.54) is 12.3 Å². The van der Waals surface area contributed by atoms with Crippen molar-refractivity contribution in [3.05, 3.63) is 51.3 Å². The van der Waals surface area contributed by atoms with Crippen molar-refractivity contribution < 1.29 is 9.34 Å². The average molecular weight is 318 g/mol. The molecule has 1 aromatic carbocycles. The molecule has 0 saturated carbocycles. The number of hydrogen-bond acceptors (Lipinski definition) is 5. The van der Waals surface area contributed by atoms with Crippen LogP contribution in [-0.2, 0) is 0 Å². The lowest BCUT2D eigenvalue weighted by Gasteiger charge is -2.06. The third-order valence-electron chi connectivity index (χ3n) is 3.21. The van der Waals surface area contributed by atoms with Gasteiger partial charge in [0.05, 0.1) is 11.1 Å². The van der Waals surface area contributed by atoms with Crippen LogP contribution in [0, 0.1) is 24.0 Å². The Morgan fingerprint density at radius 1 is 1.36 bits per heavy atom. The van der Waals surface area contributed by atoms with E-state index in [4.69, 9.17) is 10.2 Å². The molecule has 114 valence electrons. The van der Waals surface area contributed by atoms with Gasteiger partial charge in [-0.15, -0.1) is 0 Å². The first-order valence-corrected chi connectivity index (χ1v) is 6.74. The van der Waals surface area contributed by atoms with Gasteiger partial charge in [-0.1, -0.05) is 0 Å². The third-order valence-corrected chi connectivity index (χ3v) is 3.31.